The predicted octanol–water partition coefficient (Wildman–Crippen LogP) is 0.692. The molecule has 0 amide bonds. The number of aromatic nitrogens is 2. The lowest BCUT2D eigenvalue weighted by atomic mass is 10.1. The monoisotopic (exact) mass is 209 g/mol. The Morgan fingerprint density at radius 3 is 2.67 bits per heavy atom. The second kappa shape index (κ2) is 4.44. The van der Waals surface area contributed by atoms with Crippen LogP contribution in [-0.4, -0.2) is 36.1 Å². The molecule has 1 heterocycles. The summed E-state index contributed by atoms with van der Waals surface area (Å²) in [7, 11) is 3.82. The number of rotatable bonds is 4. The van der Waals surface area contributed by atoms with Crippen molar-refractivity contribution in [2.24, 2.45) is 5.73 Å². The molecule has 0 aliphatic carbocycles. The van der Waals surface area contributed by atoms with E-state index in [-0.39, 0.29) is 5.54 Å². The van der Waals surface area contributed by atoms with Gasteiger partial charge in [-0.15, -0.1) is 0 Å². The second-order valence-corrected chi connectivity index (χ2v) is 4.48. The van der Waals surface area contributed by atoms with E-state index in [0.717, 1.165) is 5.82 Å². The van der Waals surface area contributed by atoms with Gasteiger partial charge in [-0.05, 0) is 19.9 Å². The van der Waals surface area contributed by atoms with Crippen molar-refractivity contribution in [3.05, 3.63) is 12.3 Å². The fraction of sp³-hybridized carbons (Fsp3) is 0.600. The first-order valence-corrected chi connectivity index (χ1v) is 4.91. The molecule has 1 aromatic heterocycles. The average molecular weight is 209 g/mol. The lowest BCUT2D eigenvalue weighted by Gasteiger charge is -2.19. The van der Waals surface area contributed by atoms with Crippen molar-refractivity contribution < 1.29 is 0 Å². The topological polar surface area (TPSA) is 67.1 Å². The van der Waals surface area contributed by atoms with Gasteiger partial charge in [0.15, 0.2) is 0 Å². The summed E-state index contributed by atoms with van der Waals surface area (Å²) < 4.78 is 0. The van der Waals surface area contributed by atoms with Gasteiger partial charge in [0.1, 0.15) is 5.82 Å². The molecule has 0 bridgehead atoms. The zero-order valence-corrected chi connectivity index (χ0v) is 9.78. The van der Waals surface area contributed by atoms with Crippen molar-refractivity contribution in [1.82, 2.24) is 9.97 Å². The Bertz CT molecular complexity index is 316. The molecule has 0 spiro atoms. The lowest BCUT2D eigenvalue weighted by molar-refractivity contribution is 0.548. The molecule has 15 heavy (non-hydrogen) atoms. The lowest BCUT2D eigenvalue weighted by Crippen LogP contribution is -2.39. The van der Waals surface area contributed by atoms with Crippen LogP contribution in [0.25, 0.3) is 0 Å². The van der Waals surface area contributed by atoms with Gasteiger partial charge in [0, 0.05) is 32.4 Å². The Balaban J connectivity index is 2.66. The fourth-order valence-corrected chi connectivity index (χ4v) is 0.981. The molecule has 0 atom stereocenters. The third kappa shape index (κ3) is 4.12. The molecule has 5 heteroatoms. The predicted molar refractivity (Wildman–Crippen MR) is 63.1 cm³/mol. The van der Waals surface area contributed by atoms with Crippen molar-refractivity contribution in [3.8, 4) is 0 Å². The normalized spacial score (nSPS) is 11.3. The Morgan fingerprint density at radius 2 is 2.13 bits per heavy atom. The largest absolute Gasteiger partial charge is 0.368 e. The molecule has 0 unspecified atom stereocenters. The number of nitrogens with one attached hydrogen (secondary N) is 1. The van der Waals surface area contributed by atoms with Gasteiger partial charge in [0.2, 0.25) is 5.95 Å². The van der Waals surface area contributed by atoms with Crippen LogP contribution >= 0.6 is 0 Å². The van der Waals surface area contributed by atoms with Crippen LogP contribution in [0.1, 0.15) is 13.8 Å². The first-order chi connectivity index (χ1) is 6.88. The van der Waals surface area contributed by atoms with Crippen molar-refractivity contribution >= 4 is 11.8 Å². The third-order valence-corrected chi connectivity index (χ3v) is 1.77. The van der Waals surface area contributed by atoms with Gasteiger partial charge in [-0.3, -0.25) is 0 Å². The number of hydrogen-bond acceptors (Lipinski definition) is 5. The van der Waals surface area contributed by atoms with E-state index in [1.807, 2.05) is 38.9 Å². The molecule has 0 aliphatic rings. The van der Waals surface area contributed by atoms with E-state index in [1.54, 1.807) is 6.20 Å². The minimum absolute atomic E-state index is 0.247. The SMILES string of the molecule is CN(C)c1nccc(NCC(C)(C)N)n1. The van der Waals surface area contributed by atoms with Crippen LogP contribution in [0.3, 0.4) is 0 Å². The highest BCUT2D eigenvalue weighted by Crippen LogP contribution is 2.08. The number of hydrogen-bond donors (Lipinski definition) is 2. The number of anilines is 2. The number of nitrogens with zero attached hydrogens (tertiary/aromatic N) is 3. The maximum atomic E-state index is 5.86. The molecule has 0 aliphatic heterocycles. The maximum absolute atomic E-state index is 5.86. The summed E-state index contributed by atoms with van der Waals surface area (Å²) in [4.78, 5) is 10.3. The van der Waals surface area contributed by atoms with Crippen LogP contribution < -0.4 is 16.0 Å². The molecule has 3 N–H and O–H groups in total. The molecule has 5 nitrogen and oxygen atoms in total. The standard InChI is InChI=1S/C10H19N5/c1-10(2,11)7-13-8-5-6-12-9(14-8)15(3)4/h5-6H,7,11H2,1-4H3,(H,12,13,14). The Labute approximate surface area is 90.7 Å². The zero-order chi connectivity index (χ0) is 11.5. The first-order valence-electron chi connectivity index (χ1n) is 4.91. The summed E-state index contributed by atoms with van der Waals surface area (Å²) in [6.07, 6.45) is 1.73. The van der Waals surface area contributed by atoms with E-state index in [9.17, 15) is 0 Å². The smallest absolute Gasteiger partial charge is 0.226 e. The summed E-state index contributed by atoms with van der Waals surface area (Å²) in [5.41, 5.74) is 5.62. The molecule has 1 aromatic rings. The Kier molecular flexibility index (Phi) is 3.47. The minimum atomic E-state index is -0.247. The molecule has 0 fully saturated rings. The summed E-state index contributed by atoms with van der Waals surface area (Å²) in [6.45, 7) is 4.61. The fourth-order valence-electron chi connectivity index (χ4n) is 0.981. The molecule has 1 rings (SSSR count). The summed E-state index contributed by atoms with van der Waals surface area (Å²) in [5.74, 6) is 1.49. The average Bonchev–Trinajstić information content (AvgIpc) is 2.14. The molecule has 0 saturated carbocycles. The van der Waals surface area contributed by atoms with Crippen LogP contribution in [0.2, 0.25) is 0 Å². The molecule has 0 saturated heterocycles. The molecule has 84 valence electrons. The van der Waals surface area contributed by atoms with Gasteiger partial charge in [-0.25, -0.2) is 4.98 Å². The second-order valence-electron chi connectivity index (χ2n) is 4.48. The summed E-state index contributed by atoms with van der Waals surface area (Å²) >= 11 is 0. The zero-order valence-electron chi connectivity index (χ0n) is 9.78. The third-order valence-electron chi connectivity index (χ3n) is 1.77. The van der Waals surface area contributed by atoms with Gasteiger partial charge in [0.05, 0.1) is 0 Å². The quantitative estimate of drug-likeness (QED) is 0.763. The van der Waals surface area contributed by atoms with E-state index in [4.69, 9.17) is 5.73 Å². The van der Waals surface area contributed by atoms with Crippen molar-refractivity contribution in [1.29, 1.82) is 0 Å². The van der Waals surface area contributed by atoms with Crippen LogP contribution in [0.4, 0.5) is 11.8 Å². The molecular formula is C10H19N5. The highest BCUT2D eigenvalue weighted by molar-refractivity contribution is 5.40. The van der Waals surface area contributed by atoms with Gasteiger partial charge in [-0.2, -0.15) is 4.98 Å². The maximum Gasteiger partial charge on any atom is 0.226 e. The van der Waals surface area contributed by atoms with Crippen LogP contribution in [-0.2, 0) is 0 Å². The van der Waals surface area contributed by atoms with Gasteiger partial charge >= 0.3 is 0 Å². The van der Waals surface area contributed by atoms with E-state index in [2.05, 4.69) is 15.3 Å². The minimum Gasteiger partial charge on any atom is -0.368 e. The highest BCUT2D eigenvalue weighted by atomic mass is 15.2. The van der Waals surface area contributed by atoms with E-state index in [1.165, 1.54) is 0 Å². The van der Waals surface area contributed by atoms with Crippen molar-refractivity contribution in [3.63, 3.8) is 0 Å². The van der Waals surface area contributed by atoms with Crippen LogP contribution in [0.15, 0.2) is 12.3 Å². The first kappa shape index (κ1) is 11.7. The summed E-state index contributed by atoms with van der Waals surface area (Å²) in [6, 6.07) is 1.83. The van der Waals surface area contributed by atoms with Gasteiger partial charge in [-0.1, -0.05) is 0 Å². The number of nitrogens with two attached hydrogens (primary N) is 1. The van der Waals surface area contributed by atoms with Crippen LogP contribution in [0.5, 0.6) is 0 Å². The van der Waals surface area contributed by atoms with Crippen LogP contribution in [0, 0.1) is 0 Å². The van der Waals surface area contributed by atoms with E-state index in [0.29, 0.717) is 12.5 Å². The molecule has 0 aromatic carbocycles. The summed E-state index contributed by atoms with van der Waals surface area (Å²) in [5, 5.41) is 3.18. The Hall–Kier alpha value is -1.36. The van der Waals surface area contributed by atoms with Crippen molar-refractivity contribution in [2.45, 2.75) is 19.4 Å². The highest BCUT2D eigenvalue weighted by Gasteiger charge is 2.10. The van der Waals surface area contributed by atoms with E-state index >= 15 is 0 Å². The van der Waals surface area contributed by atoms with Gasteiger partial charge < -0.3 is 16.0 Å². The molecular weight excluding hydrogens is 190 g/mol. The van der Waals surface area contributed by atoms with Gasteiger partial charge in [0.25, 0.3) is 0 Å². The molecule has 0 radical (unpaired) electrons. The van der Waals surface area contributed by atoms with E-state index < -0.39 is 0 Å². The Morgan fingerprint density at radius 1 is 1.47 bits per heavy atom. The van der Waals surface area contributed by atoms with Crippen molar-refractivity contribution in [2.75, 3.05) is 30.9 Å².